The lowest BCUT2D eigenvalue weighted by molar-refractivity contribution is 1.18. The molecule has 0 amide bonds. The third-order valence-electron chi connectivity index (χ3n) is 10.4. The Hall–Kier alpha value is -7.23. The zero-order valence-corrected chi connectivity index (χ0v) is 29.4. The minimum Gasteiger partial charge on any atom is -0.264 e. The number of hydrogen-bond donors (Lipinski definition) is 0. The van der Waals surface area contributed by atoms with Crippen molar-refractivity contribution in [1.29, 1.82) is 0 Å². The molecule has 0 atom stereocenters. The van der Waals surface area contributed by atoms with Crippen LogP contribution in [0.2, 0.25) is 0 Å². The van der Waals surface area contributed by atoms with E-state index in [0.717, 1.165) is 44.8 Å². The third kappa shape index (κ3) is 5.78. The lowest BCUT2D eigenvalue weighted by Crippen LogP contribution is -1.96. The molecule has 10 rings (SSSR count). The molecule has 0 saturated carbocycles. The van der Waals surface area contributed by atoms with Crippen molar-refractivity contribution in [2.24, 2.45) is 0 Å². The summed E-state index contributed by atoms with van der Waals surface area (Å²) in [6, 6.07) is 66.8. The number of fused-ring (bicyclic) bond motifs is 4. The van der Waals surface area contributed by atoms with E-state index in [1.165, 1.54) is 49.0 Å². The van der Waals surface area contributed by atoms with Gasteiger partial charge in [0.05, 0.1) is 11.4 Å². The van der Waals surface area contributed by atoms with Crippen molar-refractivity contribution in [3.8, 4) is 67.3 Å². The van der Waals surface area contributed by atoms with Crippen LogP contribution in [0.1, 0.15) is 0 Å². The van der Waals surface area contributed by atoms with Crippen molar-refractivity contribution < 1.29 is 0 Å². The molecule has 3 nitrogen and oxygen atoms in total. The van der Waals surface area contributed by atoms with Gasteiger partial charge in [0, 0.05) is 29.1 Å². The summed E-state index contributed by atoms with van der Waals surface area (Å²) in [4.78, 5) is 14.4. The first kappa shape index (κ1) is 31.5. The Morgan fingerprint density at radius 3 is 1.48 bits per heavy atom. The maximum absolute atomic E-state index is 5.06. The zero-order chi connectivity index (χ0) is 35.8. The number of benzene rings is 8. The van der Waals surface area contributed by atoms with Crippen molar-refractivity contribution in [3.05, 3.63) is 200 Å². The Labute approximate surface area is 313 Å². The van der Waals surface area contributed by atoms with Crippen LogP contribution in [0.5, 0.6) is 0 Å². The van der Waals surface area contributed by atoms with Gasteiger partial charge in [0.1, 0.15) is 0 Å². The highest BCUT2D eigenvalue weighted by atomic mass is 14.9. The molecule has 0 aliphatic heterocycles. The van der Waals surface area contributed by atoms with E-state index in [2.05, 4.69) is 169 Å². The summed E-state index contributed by atoms with van der Waals surface area (Å²) >= 11 is 0. The molecule has 54 heavy (non-hydrogen) atoms. The Morgan fingerprint density at radius 2 is 0.833 bits per heavy atom. The number of rotatable bonds is 6. The average molecular weight is 688 g/mol. The monoisotopic (exact) mass is 687 g/mol. The fourth-order valence-corrected chi connectivity index (χ4v) is 7.63. The van der Waals surface area contributed by atoms with E-state index in [4.69, 9.17) is 9.97 Å². The second kappa shape index (κ2) is 13.4. The first-order valence-electron chi connectivity index (χ1n) is 18.2. The van der Waals surface area contributed by atoms with Crippen LogP contribution >= 0.6 is 0 Å². The van der Waals surface area contributed by atoms with E-state index in [-0.39, 0.29) is 0 Å². The van der Waals surface area contributed by atoms with Crippen molar-refractivity contribution in [2.45, 2.75) is 0 Å². The molecule has 252 valence electrons. The topological polar surface area (TPSA) is 38.7 Å². The molecule has 0 saturated heterocycles. The minimum absolute atomic E-state index is 0.702. The first-order chi connectivity index (χ1) is 26.7. The Kier molecular flexibility index (Phi) is 7.81. The van der Waals surface area contributed by atoms with E-state index in [1.54, 1.807) is 6.20 Å². The lowest BCUT2D eigenvalue weighted by Gasteiger charge is -2.15. The largest absolute Gasteiger partial charge is 0.264 e. The molecule has 0 unspecified atom stereocenters. The van der Waals surface area contributed by atoms with Crippen LogP contribution in [0.25, 0.3) is 99.6 Å². The molecule has 0 fully saturated rings. The molecule has 0 radical (unpaired) electrons. The fourth-order valence-electron chi connectivity index (χ4n) is 7.63. The van der Waals surface area contributed by atoms with Gasteiger partial charge in [0.2, 0.25) is 0 Å². The normalized spacial score (nSPS) is 11.3. The van der Waals surface area contributed by atoms with Gasteiger partial charge >= 0.3 is 0 Å². The third-order valence-corrected chi connectivity index (χ3v) is 10.4. The summed E-state index contributed by atoms with van der Waals surface area (Å²) in [6.45, 7) is 0. The van der Waals surface area contributed by atoms with Crippen molar-refractivity contribution in [1.82, 2.24) is 15.0 Å². The maximum Gasteiger partial charge on any atom is 0.160 e. The van der Waals surface area contributed by atoms with Crippen LogP contribution < -0.4 is 0 Å². The van der Waals surface area contributed by atoms with Crippen molar-refractivity contribution in [2.75, 3.05) is 0 Å². The standard InChI is InChI=1S/C51H33N3/c1-2-10-41(11-3-1)51-53-47(32-48(54-51)39-25-18-36(19-26-39)44-13-8-30-52-33-44)38-23-16-34(17-24-38)35-20-27-40(28-21-35)49-46-15-7-5-12-42(46)31-43-29-22-37-9-4-6-14-45(37)50(43)49/h1-33H. The van der Waals surface area contributed by atoms with Crippen LogP contribution in [0, 0.1) is 0 Å². The zero-order valence-electron chi connectivity index (χ0n) is 29.4. The number of nitrogens with zero attached hydrogens (tertiary/aromatic N) is 3. The van der Waals surface area contributed by atoms with Gasteiger partial charge in [-0.1, -0.05) is 170 Å². The molecule has 2 heterocycles. The first-order valence-corrected chi connectivity index (χ1v) is 18.2. The Balaban J connectivity index is 1.01. The molecule has 8 aromatic carbocycles. The van der Waals surface area contributed by atoms with Crippen LogP contribution in [-0.4, -0.2) is 15.0 Å². The number of aromatic nitrogens is 3. The van der Waals surface area contributed by atoms with Gasteiger partial charge in [-0.15, -0.1) is 0 Å². The van der Waals surface area contributed by atoms with Crippen LogP contribution in [0.15, 0.2) is 200 Å². The predicted molar refractivity (Wildman–Crippen MR) is 225 cm³/mol. The van der Waals surface area contributed by atoms with E-state index in [9.17, 15) is 0 Å². The van der Waals surface area contributed by atoms with E-state index < -0.39 is 0 Å². The van der Waals surface area contributed by atoms with Crippen molar-refractivity contribution in [3.63, 3.8) is 0 Å². The van der Waals surface area contributed by atoms with E-state index in [1.807, 2.05) is 30.5 Å². The van der Waals surface area contributed by atoms with Crippen LogP contribution in [0.3, 0.4) is 0 Å². The summed E-state index contributed by atoms with van der Waals surface area (Å²) in [5.41, 5.74) is 11.8. The summed E-state index contributed by atoms with van der Waals surface area (Å²) < 4.78 is 0. The van der Waals surface area contributed by atoms with Gasteiger partial charge in [-0.2, -0.15) is 0 Å². The van der Waals surface area contributed by atoms with Gasteiger partial charge in [-0.25, -0.2) is 9.97 Å². The molecular weight excluding hydrogens is 655 g/mol. The molecule has 0 spiro atoms. The van der Waals surface area contributed by atoms with E-state index in [0.29, 0.717) is 5.82 Å². The lowest BCUT2D eigenvalue weighted by atomic mass is 9.88. The molecule has 0 aliphatic carbocycles. The van der Waals surface area contributed by atoms with Crippen molar-refractivity contribution >= 4 is 32.3 Å². The smallest absolute Gasteiger partial charge is 0.160 e. The molecule has 2 aromatic heterocycles. The molecule has 10 aromatic rings. The highest BCUT2D eigenvalue weighted by Gasteiger charge is 2.14. The maximum atomic E-state index is 5.06. The molecular formula is C51H33N3. The summed E-state index contributed by atoms with van der Waals surface area (Å²) in [7, 11) is 0. The second-order valence-corrected chi connectivity index (χ2v) is 13.7. The highest BCUT2D eigenvalue weighted by Crippen LogP contribution is 2.41. The second-order valence-electron chi connectivity index (χ2n) is 13.7. The van der Waals surface area contributed by atoms with Gasteiger partial charge in [-0.05, 0) is 83.9 Å². The minimum atomic E-state index is 0.702. The summed E-state index contributed by atoms with van der Waals surface area (Å²) in [5.74, 6) is 0.702. The van der Waals surface area contributed by atoms with Crippen LogP contribution in [-0.2, 0) is 0 Å². The van der Waals surface area contributed by atoms with Gasteiger partial charge in [0.25, 0.3) is 0 Å². The molecule has 0 bridgehead atoms. The fraction of sp³-hybridized carbons (Fsp3) is 0. The quantitative estimate of drug-likeness (QED) is 0.129. The van der Waals surface area contributed by atoms with Gasteiger partial charge in [0.15, 0.2) is 5.82 Å². The average Bonchev–Trinajstić information content (AvgIpc) is 3.26. The summed E-state index contributed by atoms with van der Waals surface area (Å²) in [5, 5.41) is 7.60. The Bertz CT molecular complexity index is 2940. The van der Waals surface area contributed by atoms with Gasteiger partial charge in [-0.3, -0.25) is 4.98 Å². The predicted octanol–water partition coefficient (Wildman–Crippen LogP) is 13.3. The van der Waals surface area contributed by atoms with Gasteiger partial charge < -0.3 is 0 Å². The summed E-state index contributed by atoms with van der Waals surface area (Å²) in [6.07, 6.45) is 3.68. The van der Waals surface area contributed by atoms with E-state index >= 15 is 0 Å². The SMILES string of the molecule is c1ccc(-c2nc(-c3ccc(-c4ccc(-c5c6ccccc6cc6ccc7ccccc7c56)cc4)cc3)cc(-c3ccc(-c4cccnc4)cc3)n2)cc1. The van der Waals surface area contributed by atoms with Crippen LogP contribution in [0.4, 0.5) is 0 Å². The Morgan fingerprint density at radius 1 is 0.315 bits per heavy atom. The molecule has 0 aliphatic rings. The highest BCUT2D eigenvalue weighted by molar-refractivity contribution is 6.21. The molecule has 3 heteroatoms. The number of pyridine rings is 1. The number of hydrogen-bond acceptors (Lipinski definition) is 3. The molecule has 0 N–H and O–H groups in total.